The number of hydrogen-bond acceptors (Lipinski definition) is 7. The molecule has 0 heterocycles. The molecule has 0 atom stereocenters. The first-order valence-corrected chi connectivity index (χ1v) is 18.4. The number of nitrogens with two attached hydrogens (primary N) is 1. The van der Waals surface area contributed by atoms with Crippen LogP contribution in [0.2, 0.25) is 0 Å². The summed E-state index contributed by atoms with van der Waals surface area (Å²) in [6, 6.07) is 0. The third-order valence-corrected chi connectivity index (χ3v) is 12.5. The van der Waals surface area contributed by atoms with E-state index in [1.165, 1.54) is 0 Å². The second-order valence-corrected chi connectivity index (χ2v) is 18.5. The number of alkyl carbamates (subject to hydrolysis) is 2. The van der Waals surface area contributed by atoms with Crippen molar-refractivity contribution >= 4 is 12.2 Å². The molecule has 2 amide bonds. The van der Waals surface area contributed by atoms with Crippen molar-refractivity contribution in [1.29, 1.82) is 0 Å². The van der Waals surface area contributed by atoms with Crippen molar-refractivity contribution in [3.8, 4) is 0 Å². The summed E-state index contributed by atoms with van der Waals surface area (Å²) in [6.07, 6.45) is 16.0. The van der Waals surface area contributed by atoms with Crippen molar-refractivity contribution < 1.29 is 33.7 Å². The van der Waals surface area contributed by atoms with Crippen LogP contribution in [0.3, 0.4) is 0 Å². The van der Waals surface area contributed by atoms with E-state index in [2.05, 4.69) is 10.6 Å². The number of carbonyl (C=O) groups is 2. The molecule has 6 bridgehead atoms. The molecule has 0 saturated heterocycles. The summed E-state index contributed by atoms with van der Waals surface area (Å²) < 4.78 is 24.5. The van der Waals surface area contributed by atoms with Crippen LogP contribution in [0.15, 0.2) is 0 Å². The Kier molecular flexibility index (Phi) is 11.3. The Labute approximate surface area is 283 Å². The molecule has 0 unspecified atom stereocenters. The highest BCUT2D eigenvalue weighted by molar-refractivity contribution is 5.68. The quantitative estimate of drug-likeness (QED) is 0.209. The van der Waals surface area contributed by atoms with E-state index < -0.39 is 22.5 Å². The van der Waals surface area contributed by atoms with Gasteiger partial charge < -0.3 is 36.1 Å². The van der Waals surface area contributed by atoms with Gasteiger partial charge in [0.15, 0.2) is 0 Å². The monoisotopic (exact) mass is 667 g/mol. The van der Waals surface area contributed by atoms with E-state index in [4.69, 9.17) is 15.2 Å². The zero-order valence-electron chi connectivity index (χ0n) is 30.3. The van der Waals surface area contributed by atoms with Gasteiger partial charge in [-0.15, -0.1) is 0 Å². The third-order valence-electron chi connectivity index (χ3n) is 12.5. The fourth-order valence-corrected chi connectivity index (χ4v) is 8.69. The van der Waals surface area contributed by atoms with Crippen molar-refractivity contribution in [1.82, 2.24) is 10.6 Å². The van der Waals surface area contributed by atoms with Gasteiger partial charge in [0.2, 0.25) is 0 Å². The van der Waals surface area contributed by atoms with Gasteiger partial charge in [0.1, 0.15) is 16.9 Å². The van der Waals surface area contributed by atoms with E-state index in [0.717, 1.165) is 103 Å². The molecule has 10 heteroatoms. The highest BCUT2D eigenvalue weighted by atomic mass is 19.1. The molecule has 0 aromatic rings. The highest BCUT2D eigenvalue weighted by Gasteiger charge is 2.50. The number of carbonyl (C=O) groups excluding carboxylic acids is 2. The van der Waals surface area contributed by atoms with E-state index in [1.54, 1.807) is 0 Å². The first kappa shape index (κ1) is 38.2. The molecule has 9 saturated carbocycles. The second kappa shape index (κ2) is 13.9. The van der Waals surface area contributed by atoms with Crippen LogP contribution in [0.4, 0.5) is 14.0 Å². The highest BCUT2D eigenvalue weighted by Crippen LogP contribution is 2.54. The second-order valence-electron chi connectivity index (χ2n) is 18.5. The molecule has 9 nitrogen and oxygen atoms in total. The van der Waals surface area contributed by atoms with Crippen LogP contribution in [0.1, 0.15) is 157 Å². The Morgan fingerprint density at radius 1 is 0.574 bits per heavy atom. The molecule has 0 aromatic carbocycles. The van der Waals surface area contributed by atoms with Gasteiger partial charge in [0.25, 0.3) is 0 Å². The number of ether oxygens (including phenoxy) is 2. The number of rotatable bonds is 5. The molecule has 9 rings (SSSR count). The standard InChI is InChI=1S/C14H24FNO2.C14H25NO3.C9H17NO/c1-12(2,3)18-11(17)16-10-13-4-7-14(15,8-5-13)9-6-13;1-12(2,3)18-11(16)15-10-13-4-7-14(17,8-5-13)9-6-13;10-7-8-1-4-9(11,5-2-8)6-3-8/h4-10H2,1-3H3,(H,16,17);17H,4-10H2,1-3H3,(H,15,16);11H,1-7,10H2. The van der Waals surface area contributed by atoms with Crippen LogP contribution in [-0.4, -0.2) is 70.1 Å². The Balaban J connectivity index is 0.000000164. The first-order chi connectivity index (χ1) is 21.6. The largest absolute Gasteiger partial charge is 0.444 e. The van der Waals surface area contributed by atoms with E-state index in [9.17, 15) is 24.2 Å². The van der Waals surface area contributed by atoms with Crippen LogP contribution in [-0.2, 0) is 9.47 Å². The van der Waals surface area contributed by atoms with Crippen molar-refractivity contribution in [3.63, 3.8) is 0 Å². The molecule has 9 aliphatic rings. The summed E-state index contributed by atoms with van der Waals surface area (Å²) in [5.41, 5.74) is 3.95. The minimum Gasteiger partial charge on any atom is -0.444 e. The predicted octanol–water partition coefficient (Wildman–Crippen LogP) is 7.20. The van der Waals surface area contributed by atoms with Gasteiger partial charge in [-0.3, -0.25) is 0 Å². The average molecular weight is 668 g/mol. The maximum absolute atomic E-state index is 14.0. The number of hydrogen-bond donors (Lipinski definition) is 5. The number of nitrogens with one attached hydrogen (secondary N) is 2. The van der Waals surface area contributed by atoms with Gasteiger partial charge in [-0.25, -0.2) is 14.0 Å². The predicted molar refractivity (Wildman–Crippen MR) is 182 cm³/mol. The zero-order chi connectivity index (χ0) is 34.8. The van der Waals surface area contributed by atoms with Crippen molar-refractivity contribution in [2.45, 2.75) is 185 Å². The zero-order valence-corrected chi connectivity index (χ0v) is 30.3. The molecular formula is C37H66FN3O6. The summed E-state index contributed by atoms with van der Waals surface area (Å²) in [6.45, 7) is 13.3. The number of alkyl halides is 1. The van der Waals surface area contributed by atoms with Crippen LogP contribution in [0, 0.1) is 16.2 Å². The van der Waals surface area contributed by atoms with Crippen molar-refractivity contribution in [2.75, 3.05) is 19.6 Å². The SMILES string of the molecule is CC(C)(C)OC(=O)NCC12CCC(F)(CC1)CC2.CC(C)(C)OC(=O)NCC12CCC(O)(CC1)CC2.NCC12CCC(O)(CC1)CC2. The summed E-state index contributed by atoms with van der Waals surface area (Å²) in [5.74, 6) is 0. The lowest BCUT2D eigenvalue weighted by Crippen LogP contribution is -2.50. The van der Waals surface area contributed by atoms with E-state index >= 15 is 0 Å². The summed E-state index contributed by atoms with van der Waals surface area (Å²) >= 11 is 0. The Bertz CT molecular complexity index is 959. The fraction of sp³-hybridized carbons (Fsp3) is 0.946. The lowest BCUT2D eigenvalue weighted by atomic mass is 9.58. The van der Waals surface area contributed by atoms with E-state index in [-0.39, 0.29) is 28.6 Å². The van der Waals surface area contributed by atoms with Crippen LogP contribution < -0.4 is 16.4 Å². The smallest absolute Gasteiger partial charge is 0.407 e. The molecule has 0 aromatic heterocycles. The van der Waals surface area contributed by atoms with Gasteiger partial charge in [0, 0.05) is 13.1 Å². The fourth-order valence-electron chi connectivity index (χ4n) is 8.69. The average Bonchev–Trinajstić information content (AvgIpc) is 3.00. The molecule has 6 N–H and O–H groups in total. The van der Waals surface area contributed by atoms with Gasteiger partial charge in [0.05, 0.1) is 11.2 Å². The maximum Gasteiger partial charge on any atom is 0.407 e. The molecule has 0 spiro atoms. The van der Waals surface area contributed by atoms with Crippen molar-refractivity contribution in [2.24, 2.45) is 22.0 Å². The van der Waals surface area contributed by atoms with Crippen LogP contribution in [0.5, 0.6) is 0 Å². The molecule has 9 aliphatic carbocycles. The van der Waals surface area contributed by atoms with Crippen LogP contribution >= 0.6 is 0 Å². The molecule has 0 aliphatic heterocycles. The Morgan fingerprint density at radius 3 is 1.13 bits per heavy atom. The number of aliphatic hydroxyl groups is 2. The van der Waals surface area contributed by atoms with Crippen LogP contribution in [0.25, 0.3) is 0 Å². The molecule has 272 valence electrons. The Morgan fingerprint density at radius 2 is 0.851 bits per heavy atom. The van der Waals surface area contributed by atoms with Gasteiger partial charge in [-0.2, -0.15) is 0 Å². The molecule has 0 radical (unpaired) electrons. The maximum atomic E-state index is 14.0. The van der Waals surface area contributed by atoms with Gasteiger partial charge in [-0.1, -0.05) is 0 Å². The lowest BCUT2D eigenvalue weighted by Gasteiger charge is -2.51. The summed E-state index contributed by atoms with van der Waals surface area (Å²) in [4.78, 5) is 23.3. The third kappa shape index (κ3) is 10.7. The van der Waals surface area contributed by atoms with Gasteiger partial charge >= 0.3 is 12.2 Å². The number of halogens is 1. The summed E-state index contributed by atoms with van der Waals surface area (Å²) in [7, 11) is 0. The van der Waals surface area contributed by atoms with Gasteiger partial charge in [-0.05, 0) is 180 Å². The lowest BCUT2D eigenvalue weighted by molar-refractivity contribution is -0.0906. The van der Waals surface area contributed by atoms with E-state index in [1.807, 2.05) is 41.5 Å². The summed E-state index contributed by atoms with van der Waals surface area (Å²) in [5, 5.41) is 25.8. The first-order valence-electron chi connectivity index (χ1n) is 18.4. The molecule has 47 heavy (non-hydrogen) atoms. The minimum absolute atomic E-state index is 0.116. The molecule has 9 fully saturated rings. The molecular weight excluding hydrogens is 601 g/mol. The minimum atomic E-state index is -0.909. The Hall–Kier alpha value is -1.65. The van der Waals surface area contributed by atoms with Crippen molar-refractivity contribution in [3.05, 3.63) is 0 Å². The normalized spacial score (nSPS) is 38.7. The van der Waals surface area contributed by atoms with E-state index in [0.29, 0.717) is 37.8 Å². The number of fused-ring (bicyclic) bond motifs is 9. The number of amides is 2. The topological polar surface area (TPSA) is 143 Å².